The molecule has 0 aliphatic heterocycles. The van der Waals surface area contributed by atoms with Crippen LogP contribution in [0.1, 0.15) is 18.1 Å². The lowest BCUT2D eigenvalue weighted by Gasteiger charge is -2.11. The Bertz CT molecular complexity index is 653. The van der Waals surface area contributed by atoms with E-state index in [0.717, 1.165) is 11.3 Å². The number of carboxylic acids is 1. The molecule has 0 fully saturated rings. The number of oxime groups is 1. The summed E-state index contributed by atoms with van der Waals surface area (Å²) in [5, 5.41) is 13.0. The van der Waals surface area contributed by atoms with Crippen LogP contribution < -0.4 is 4.74 Å². The van der Waals surface area contributed by atoms with Crippen LogP contribution in [0.5, 0.6) is 5.75 Å². The van der Waals surface area contributed by atoms with Gasteiger partial charge in [-0.1, -0.05) is 47.6 Å². The summed E-state index contributed by atoms with van der Waals surface area (Å²) in [5.74, 6) is -0.420. The Morgan fingerprint density at radius 2 is 1.77 bits per heavy atom. The highest BCUT2D eigenvalue weighted by Crippen LogP contribution is 2.16. The molecule has 0 aliphatic carbocycles. The van der Waals surface area contributed by atoms with Crippen LogP contribution in [0.3, 0.4) is 0 Å². The number of rotatable bonds is 7. The average molecular weight is 299 g/mol. The molecular formula is C17H17NO4. The van der Waals surface area contributed by atoms with Crippen LogP contribution in [0.15, 0.2) is 59.8 Å². The molecule has 5 heteroatoms. The van der Waals surface area contributed by atoms with E-state index in [-0.39, 0.29) is 12.3 Å². The van der Waals surface area contributed by atoms with Crippen LogP contribution in [0, 0.1) is 0 Å². The molecular weight excluding hydrogens is 282 g/mol. The summed E-state index contributed by atoms with van der Waals surface area (Å²) in [5.41, 5.74) is 1.08. The maximum Gasteiger partial charge on any atom is 0.358 e. The third kappa shape index (κ3) is 4.09. The van der Waals surface area contributed by atoms with Gasteiger partial charge in [-0.15, -0.1) is 0 Å². The van der Waals surface area contributed by atoms with E-state index in [2.05, 4.69) is 5.16 Å². The molecule has 0 atom stereocenters. The van der Waals surface area contributed by atoms with Crippen molar-refractivity contribution in [3.05, 3.63) is 65.7 Å². The first-order valence-corrected chi connectivity index (χ1v) is 6.91. The molecule has 0 heterocycles. The van der Waals surface area contributed by atoms with Gasteiger partial charge in [-0.2, -0.15) is 0 Å². The van der Waals surface area contributed by atoms with Gasteiger partial charge in [0.15, 0.2) is 5.71 Å². The number of aliphatic carboxylic acids is 1. The van der Waals surface area contributed by atoms with Crippen molar-refractivity contribution in [2.24, 2.45) is 5.16 Å². The quantitative estimate of drug-likeness (QED) is 0.630. The Hall–Kier alpha value is -2.82. The van der Waals surface area contributed by atoms with E-state index in [1.165, 1.54) is 0 Å². The van der Waals surface area contributed by atoms with Crippen LogP contribution in [-0.4, -0.2) is 23.4 Å². The summed E-state index contributed by atoms with van der Waals surface area (Å²) in [4.78, 5) is 16.3. The summed E-state index contributed by atoms with van der Waals surface area (Å²) in [6.07, 6.45) is 0. The Kier molecular flexibility index (Phi) is 5.54. The van der Waals surface area contributed by atoms with Gasteiger partial charge in [-0.05, 0) is 24.6 Å². The minimum Gasteiger partial charge on any atom is -0.489 e. The molecule has 5 nitrogen and oxygen atoms in total. The summed E-state index contributed by atoms with van der Waals surface area (Å²) >= 11 is 0. The molecule has 0 amide bonds. The van der Waals surface area contributed by atoms with E-state index in [9.17, 15) is 9.90 Å². The maximum atomic E-state index is 11.4. The molecule has 22 heavy (non-hydrogen) atoms. The zero-order valence-electron chi connectivity index (χ0n) is 12.2. The van der Waals surface area contributed by atoms with E-state index in [1.54, 1.807) is 19.1 Å². The molecule has 0 unspecified atom stereocenters. The average Bonchev–Trinajstić information content (AvgIpc) is 2.55. The molecule has 0 aromatic heterocycles. The summed E-state index contributed by atoms with van der Waals surface area (Å²) in [6.45, 7) is 2.30. The molecule has 2 aromatic carbocycles. The Morgan fingerprint density at radius 3 is 2.45 bits per heavy atom. The van der Waals surface area contributed by atoms with E-state index in [0.29, 0.717) is 12.2 Å². The smallest absolute Gasteiger partial charge is 0.358 e. The topological polar surface area (TPSA) is 68.1 Å². The number of carboxylic acid groups (broad SMARTS) is 1. The van der Waals surface area contributed by atoms with Crippen LogP contribution in [-0.2, 0) is 16.2 Å². The van der Waals surface area contributed by atoms with E-state index in [4.69, 9.17) is 9.57 Å². The summed E-state index contributed by atoms with van der Waals surface area (Å²) < 4.78 is 5.68. The maximum absolute atomic E-state index is 11.4. The van der Waals surface area contributed by atoms with Gasteiger partial charge in [0, 0.05) is 5.56 Å². The lowest BCUT2D eigenvalue weighted by molar-refractivity contribution is -0.129. The van der Waals surface area contributed by atoms with Gasteiger partial charge in [-0.25, -0.2) is 4.79 Å². The molecule has 0 aliphatic rings. The van der Waals surface area contributed by atoms with Crippen molar-refractivity contribution in [3.8, 4) is 5.75 Å². The minimum atomic E-state index is -1.14. The van der Waals surface area contributed by atoms with Gasteiger partial charge in [0.25, 0.3) is 0 Å². The van der Waals surface area contributed by atoms with Crippen LogP contribution in [0.4, 0.5) is 0 Å². The second-order valence-corrected chi connectivity index (χ2v) is 4.42. The molecule has 114 valence electrons. The normalized spacial score (nSPS) is 11.0. The third-order valence-corrected chi connectivity index (χ3v) is 2.90. The Labute approximate surface area is 128 Å². The van der Waals surface area contributed by atoms with Crippen LogP contribution >= 0.6 is 0 Å². The molecule has 0 radical (unpaired) electrons. The van der Waals surface area contributed by atoms with Gasteiger partial charge in [0.05, 0.1) is 0 Å². The molecule has 0 saturated carbocycles. The third-order valence-electron chi connectivity index (χ3n) is 2.90. The summed E-state index contributed by atoms with van der Waals surface area (Å²) in [6, 6.07) is 16.4. The molecule has 1 N–H and O–H groups in total. The monoisotopic (exact) mass is 299 g/mol. The molecule has 0 saturated heterocycles. The van der Waals surface area contributed by atoms with Crippen molar-refractivity contribution in [1.82, 2.24) is 0 Å². The molecule has 0 bridgehead atoms. The fourth-order valence-corrected chi connectivity index (χ4v) is 1.89. The second kappa shape index (κ2) is 7.83. The fraction of sp³-hybridized carbons (Fsp3) is 0.176. The Balaban J connectivity index is 2.23. The van der Waals surface area contributed by atoms with Crippen molar-refractivity contribution in [1.29, 1.82) is 0 Å². The first-order valence-electron chi connectivity index (χ1n) is 6.91. The lowest BCUT2D eigenvalue weighted by Crippen LogP contribution is -2.18. The molecule has 0 spiro atoms. The van der Waals surface area contributed by atoms with Crippen molar-refractivity contribution in [2.75, 3.05) is 6.61 Å². The van der Waals surface area contributed by atoms with Crippen molar-refractivity contribution in [3.63, 3.8) is 0 Å². The van der Waals surface area contributed by atoms with Gasteiger partial charge >= 0.3 is 5.97 Å². The van der Waals surface area contributed by atoms with Gasteiger partial charge in [0.1, 0.15) is 19.0 Å². The number of para-hydroxylation sites is 1. The van der Waals surface area contributed by atoms with E-state index < -0.39 is 5.97 Å². The second-order valence-electron chi connectivity index (χ2n) is 4.42. The van der Waals surface area contributed by atoms with Crippen molar-refractivity contribution in [2.45, 2.75) is 13.5 Å². The van der Waals surface area contributed by atoms with Crippen LogP contribution in [0.2, 0.25) is 0 Å². The van der Waals surface area contributed by atoms with Gasteiger partial charge < -0.3 is 14.7 Å². The standard InChI is InChI=1S/C17H17NO4/c1-2-22-18-16(17(19)20)15-11-7-6-8-13(15)12-21-14-9-4-3-5-10-14/h3-11H,2,12H2,1H3,(H,19,20)/b18-16-. The highest BCUT2D eigenvalue weighted by atomic mass is 16.6. The predicted octanol–water partition coefficient (Wildman–Crippen LogP) is 3.09. The van der Waals surface area contributed by atoms with Crippen molar-refractivity contribution >= 4 is 11.7 Å². The first kappa shape index (κ1) is 15.6. The van der Waals surface area contributed by atoms with Gasteiger partial charge in [0.2, 0.25) is 0 Å². The van der Waals surface area contributed by atoms with E-state index in [1.807, 2.05) is 42.5 Å². The zero-order valence-corrected chi connectivity index (χ0v) is 12.2. The number of hydrogen-bond acceptors (Lipinski definition) is 4. The number of carbonyl (C=O) groups is 1. The van der Waals surface area contributed by atoms with Crippen molar-refractivity contribution < 1.29 is 19.5 Å². The SMILES string of the molecule is CCO/N=C(\C(=O)O)c1ccccc1COc1ccccc1. The van der Waals surface area contributed by atoms with Crippen LogP contribution in [0.25, 0.3) is 0 Å². The number of nitrogens with zero attached hydrogens (tertiary/aromatic N) is 1. The predicted molar refractivity (Wildman–Crippen MR) is 83.0 cm³/mol. The molecule has 2 rings (SSSR count). The lowest BCUT2D eigenvalue weighted by atomic mass is 10.0. The highest BCUT2D eigenvalue weighted by molar-refractivity contribution is 6.42. The van der Waals surface area contributed by atoms with E-state index >= 15 is 0 Å². The number of ether oxygens (including phenoxy) is 1. The highest BCUT2D eigenvalue weighted by Gasteiger charge is 2.17. The zero-order chi connectivity index (χ0) is 15.8. The molecule has 2 aromatic rings. The first-order chi connectivity index (χ1) is 10.7. The summed E-state index contributed by atoms with van der Waals surface area (Å²) in [7, 11) is 0. The Morgan fingerprint density at radius 1 is 1.09 bits per heavy atom. The fourth-order valence-electron chi connectivity index (χ4n) is 1.89. The van der Waals surface area contributed by atoms with Gasteiger partial charge in [-0.3, -0.25) is 0 Å². The number of benzene rings is 2. The largest absolute Gasteiger partial charge is 0.489 e. The number of hydrogen-bond donors (Lipinski definition) is 1. The minimum absolute atomic E-state index is 0.130.